The smallest absolute Gasteiger partial charge is 0.129 e. The number of hydrogen-bond acceptors (Lipinski definition) is 2. The molecule has 0 spiro atoms. The van der Waals surface area contributed by atoms with Crippen molar-refractivity contribution in [1.29, 1.82) is 0 Å². The summed E-state index contributed by atoms with van der Waals surface area (Å²) >= 11 is 0. The van der Waals surface area contributed by atoms with Gasteiger partial charge in [0.1, 0.15) is 5.82 Å². The fourth-order valence-corrected chi connectivity index (χ4v) is 1.87. The van der Waals surface area contributed by atoms with Gasteiger partial charge in [-0.15, -0.1) is 0 Å². The molecular weight excluding hydrogens is 229 g/mol. The molecule has 0 aliphatic heterocycles. The molecule has 0 aliphatic rings. The van der Waals surface area contributed by atoms with E-state index in [1.165, 1.54) is 6.07 Å². The molecule has 1 aromatic carbocycles. The number of nitrogens with one attached hydrogen (secondary N) is 1. The van der Waals surface area contributed by atoms with Crippen LogP contribution in [0.1, 0.15) is 24.5 Å². The Hall–Kier alpha value is -1.68. The molecule has 18 heavy (non-hydrogen) atoms. The predicted molar refractivity (Wildman–Crippen MR) is 70.3 cm³/mol. The molecule has 0 fully saturated rings. The predicted octanol–water partition coefficient (Wildman–Crippen LogP) is 2.82. The minimum atomic E-state index is -0.191. The number of aryl methyl sites for hydroxylation is 1. The van der Waals surface area contributed by atoms with Crippen molar-refractivity contribution < 1.29 is 4.39 Å². The number of halogens is 1. The minimum absolute atomic E-state index is 0.191. The molecule has 2 rings (SSSR count). The van der Waals surface area contributed by atoms with Gasteiger partial charge in [0.05, 0.1) is 11.9 Å². The summed E-state index contributed by atoms with van der Waals surface area (Å²) in [5, 5.41) is 7.47. The van der Waals surface area contributed by atoms with Crippen molar-refractivity contribution >= 4 is 0 Å². The van der Waals surface area contributed by atoms with Crippen LogP contribution in [0.15, 0.2) is 30.6 Å². The Morgan fingerprint density at radius 1 is 1.39 bits per heavy atom. The molecule has 0 bridgehead atoms. The van der Waals surface area contributed by atoms with Crippen molar-refractivity contribution in [1.82, 2.24) is 15.1 Å². The maximum atomic E-state index is 13.9. The first-order valence-electron chi connectivity index (χ1n) is 6.22. The Bertz CT molecular complexity index is 520. The van der Waals surface area contributed by atoms with Crippen LogP contribution in [0.4, 0.5) is 4.39 Å². The summed E-state index contributed by atoms with van der Waals surface area (Å²) in [6.45, 7) is 5.46. The normalized spacial score (nSPS) is 10.8. The molecule has 0 atom stereocenters. The third-order valence-corrected chi connectivity index (χ3v) is 2.78. The van der Waals surface area contributed by atoms with Gasteiger partial charge in [0.25, 0.3) is 0 Å². The van der Waals surface area contributed by atoms with Gasteiger partial charge in [0.2, 0.25) is 0 Å². The van der Waals surface area contributed by atoms with E-state index < -0.39 is 0 Å². The zero-order chi connectivity index (χ0) is 13.0. The topological polar surface area (TPSA) is 29.9 Å². The van der Waals surface area contributed by atoms with Gasteiger partial charge in [-0.3, -0.25) is 0 Å². The van der Waals surface area contributed by atoms with Crippen molar-refractivity contribution in [3.05, 3.63) is 47.5 Å². The van der Waals surface area contributed by atoms with Gasteiger partial charge in [-0.25, -0.2) is 9.07 Å². The lowest BCUT2D eigenvalue weighted by molar-refractivity contribution is 0.582. The van der Waals surface area contributed by atoms with E-state index in [1.807, 2.05) is 19.2 Å². The maximum Gasteiger partial charge on any atom is 0.129 e. The van der Waals surface area contributed by atoms with Gasteiger partial charge >= 0.3 is 0 Å². The molecule has 3 nitrogen and oxygen atoms in total. The fourth-order valence-electron chi connectivity index (χ4n) is 1.87. The van der Waals surface area contributed by atoms with Gasteiger partial charge in [-0.2, -0.15) is 5.10 Å². The summed E-state index contributed by atoms with van der Waals surface area (Å²) in [4.78, 5) is 0. The van der Waals surface area contributed by atoms with Crippen molar-refractivity contribution in [2.45, 2.75) is 26.8 Å². The Labute approximate surface area is 107 Å². The van der Waals surface area contributed by atoms with Crippen LogP contribution in [0.5, 0.6) is 0 Å². The van der Waals surface area contributed by atoms with Crippen LogP contribution in [0.25, 0.3) is 5.69 Å². The quantitative estimate of drug-likeness (QED) is 0.823. The zero-order valence-electron chi connectivity index (χ0n) is 10.8. The first kappa shape index (κ1) is 12.8. The van der Waals surface area contributed by atoms with Gasteiger partial charge in [-0.05, 0) is 37.6 Å². The molecule has 0 saturated heterocycles. The Kier molecular flexibility index (Phi) is 4.10. The van der Waals surface area contributed by atoms with Crippen LogP contribution in [0.3, 0.4) is 0 Å². The van der Waals surface area contributed by atoms with Crippen LogP contribution in [-0.4, -0.2) is 16.3 Å². The molecule has 4 heteroatoms. The van der Waals surface area contributed by atoms with Crippen molar-refractivity contribution in [3.8, 4) is 5.69 Å². The third-order valence-electron chi connectivity index (χ3n) is 2.78. The van der Waals surface area contributed by atoms with E-state index in [4.69, 9.17) is 0 Å². The van der Waals surface area contributed by atoms with Crippen LogP contribution in [0.2, 0.25) is 0 Å². The number of rotatable bonds is 5. The van der Waals surface area contributed by atoms with E-state index in [1.54, 1.807) is 16.9 Å². The van der Waals surface area contributed by atoms with Crippen LogP contribution in [0, 0.1) is 12.7 Å². The second kappa shape index (κ2) is 5.78. The van der Waals surface area contributed by atoms with Crippen LogP contribution in [-0.2, 0) is 6.54 Å². The SMILES string of the molecule is CCCNCc1c(F)cccc1-n1cc(C)cn1. The molecular formula is C14H18FN3. The molecule has 0 aliphatic carbocycles. The second-order valence-corrected chi connectivity index (χ2v) is 4.38. The van der Waals surface area contributed by atoms with E-state index in [0.717, 1.165) is 24.2 Å². The van der Waals surface area contributed by atoms with E-state index in [0.29, 0.717) is 12.1 Å². The number of hydrogen-bond donors (Lipinski definition) is 1. The van der Waals surface area contributed by atoms with Crippen molar-refractivity contribution in [2.75, 3.05) is 6.54 Å². The minimum Gasteiger partial charge on any atom is -0.312 e. The zero-order valence-corrected chi connectivity index (χ0v) is 10.8. The van der Waals surface area contributed by atoms with Gasteiger partial charge in [-0.1, -0.05) is 13.0 Å². The maximum absolute atomic E-state index is 13.9. The van der Waals surface area contributed by atoms with Gasteiger partial charge in [0, 0.05) is 18.3 Å². The number of nitrogens with zero attached hydrogens (tertiary/aromatic N) is 2. The highest BCUT2D eigenvalue weighted by molar-refractivity contribution is 5.41. The first-order valence-corrected chi connectivity index (χ1v) is 6.22. The van der Waals surface area contributed by atoms with Crippen LogP contribution >= 0.6 is 0 Å². The lowest BCUT2D eigenvalue weighted by Gasteiger charge is -2.11. The summed E-state index contributed by atoms with van der Waals surface area (Å²) < 4.78 is 15.6. The summed E-state index contributed by atoms with van der Waals surface area (Å²) in [5.41, 5.74) is 2.52. The molecule has 1 aromatic heterocycles. The standard InChI is InChI=1S/C14H18FN3/c1-3-7-16-9-12-13(15)5-4-6-14(12)18-10-11(2)8-17-18/h4-6,8,10,16H,3,7,9H2,1-2H3. The van der Waals surface area contributed by atoms with E-state index in [-0.39, 0.29) is 5.82 Å². The number of aromatic nitrogens is 2. The molecule has 0 amide bonds. The second-order valence-electron chi connectivity index (χ2n) is 4.38. The van der Waals surface area contributed by atoms with Gasteiger partial charge < -0.3 is 5.32 Å². The van der Waals surface area contributed by atoms with Crippen LogP contribution < -0.4 is 5.32 Å². The molecule has 1 N–H and O–H groups in total. The molecule has 96 valence electrons. The van der Waals surface area contributed by atoms with Gasteiger partial charge in [0.15, 0.2) is 0 Å². The molecule has 0 radical (unpaired) electrons. The monoisotopic (exact) mass is 247 g/mol. The van der Waals surface area contributed by atoms with E-state index >= 15 is 0 Å². The average Bonchev–Trinajstić information content (AvgIpc) is 2.78. The summed E-state index contributed by atoms with van der Waals surface area (Å²) in [6.07, 6.45) is 4.71. The number of benzene rings is 1. The first-order chi connectivity index (χ1) is 8.72. The van der Waals surface area contributed by atoms with Crippen molar-refractivity contribution in [3.63, 3.8) is 0 Å². The Morgan fingerprint density at radius 3 is 2.89 bits per heavy atom. The lowest BCUT2D eigenvalue weighted by atomic mass is 10.1. The Morgan fingerprint density at radius 2 is 2.22 bits per heavy atom. The van der Waals surface area contributed by atoms with E-state index in [2.05, 4.69) is 17.3 Å². The fraction of sp³-hybridized carbons (Fsp3) is 0.357. The van der Waals surface area contributed by atoms with E-state index in [9.17, 15) is 4.39 Å². The highest BCUT2D eigenvalue weighted by Crippen LogP contribution is 2.17. The molecule has 0 saturated carbocycles. The highest BCUT2D eigenvalue weighted by Gasteiger charge is 2.10. The molecule has 1 heterocycles. The Balaban J connectivity index is 2.31. The summed E-state index contributed by atoms with van der Waals surface area (Å²) in [7, 11) is 0. The van der Waals surface area contributed by atoms with Crippen molar-refractivity contribution in [2.24, 2.45) is 0 Å². The average molecular weight is 247 g/mol. The molecule has 0 unspecified atom stereocenters. The summed E-state index contributed by atoms with van der Waals surface area (Å²) in [6, 6.07) is 5.09. The lowest BCUT2D eigenvalue weighted by Crippen LogP contribution is -2.17. The third kappa shape index (κ3) is 2.76. The molecule has 2 aromatic rings. The highest BCUT2D eigenvalue weighted by atomic mass is 19.1. The summed E-state index contributed by atoms with van der Waals surface area (Å²) in [5.74, 6) is -0.191. The largest absolute Gasteiger partial charge is 0.312 e.